The Kier molecular flexibility index (Phi) is 2.51. The molecule has 1 aromatic rings. The van der Waals surface area contributed by atoms with Gasteiger partial charge in [-0.15, -0.1) is 0 Å². The summed E-state index contributed by atoms with van der Waals surface area (Å²) in [6.07, 6.45) is 0. The SMILES string of the molecule is Cc1cc([13C](=O)O)c([N+](=O)[O-])cc1C. The van der Waals surface area contributed by atoms with Gasteiger partial charge in [-0.1, -0.05) is 0 Å². The summed E-state index contributed by atoms with van der Waals surface area (Å²) in [5.74, 6) is -1.28. The van der Waals surface area contributed by atoms with E-state index in [0.29, 0.717) is 5.56 Å². The Morgan fingerprint density at radius 3 is 2.29 bits per heavy atom. The summed E-state index contributed by atoms with van der Waals surface area (Å²) in [7, 11) is 0. The van der Waals surface area contributed by atoms with Gasteiger partial charge in [-0.2, -0.15) is 0 Å². The number of rotatable bonds is 2. The number of carbonyl (C=O) groups is 1. The fraction of sp³-hybridized carbons (Fsp3) is 0.222. The molecule has 0 heterocycles. The number of benzene rings is 1. The smallest absolute Gasteiger partial charge is 0.342 e. The maximum Gasteiger partial charge on any atom is 0.342 e. The van der Waals surface area contributed by atoms with E-state index in [4.69, 9.17) is 5.11 Å². The molecule has 0 aromatic heterocycles. The minimum Gasteiger partial charge on any atom is -0.477 e. The lowest BCUT2D eigenvalue weighted by Gasteiger charge is -2.02. The van der Waals surface area contributed by atoms with Crippen molar-refractivity contribution in [3.05, 3.63) is 38.9 Å². The Balaban J connectivity index is 3.46. The minimum atomic E-state index is -1.28. The van der Waals surface area contributed by atoms with Crippen molar-refractivity contribution in [2.24, 2.45) is 0 Å². The van der Waals surface area contributed by atoms with E-state index in [1.807, 2.05) is 0 Å². The molecule has 0 aliphatic carbocycles. The van der Waals surface area contributed by atoms with Crippen LogP contribution in [-0.4, -0.2) is 16.0 Å². The van der Waals surface area contributed by atoms with Gasteiger partial charge in [0.2, 0.25) is 0 Å². The van der Waals surface area contributed by atoms with E-state index >= 15 is 0 Å². The summed E-state index contributed by atoms with van der Waals surface area (Å²) in [6.45, 7) is 3.42. The molecule has 14 heavy (non-hydrogen) atoms. The fourth-order valence-electron chi connectivity index (χ4n) is 1.12. The van der Waals surface area contributed by atoms with Gasteiger partial charge in [0, 0.05) is 6.07 Å². The van der Waals surface area contributed by atoms with Crippen LogP contribution in [0, 0.1) is 24.0 Å². The van der Waals surface area contributed by atoms with Gasteiger partial charge < -0.3 is 5.11 Å². The molecule has 0 unspecified atom stereocenters. The van der Waals surface area contributed by atoms with E-state index in [-0.39, 0.29) is 11.3 Å². The summed E-state index contributed by atoms with van der Waals surface area (Å²) in [6, 6.07) is 2.59. The third kappa shape index (κ3) is 1.71. The zero-order valence-corrected chi connectivity index (χ0v) is 7.77. The van der Waals surface area contributed by atoms with Gasteiger partial charge in [-0.25, -0.2) is 4.79 Å². The van der Waals surface area contributed by atoms with Crippen LogP contribution in [0.25, 0.3) is 0 Å². The van der Waals surface area contributed by atoms with Gasteiger partial charge in [0.1, 0.15) is 5.56 Å². The minimum absolute atomic E-state index is 0.266. The Morgan fingerprint density at radius 1 is 1.36 bits per heavy atom. The summed E-state index contributed by atoms with van der Waals surface area (Å²) in [4.78, 5) is 20.5. The van der Waals surface area contributed by atoms with Crippen molar-refractivity contribution in [3.8, 4) is 0 Å². The molecule has 0 saturated heterocycles. The molecule has 5 heteroatoms. The van der Waals surface area contributed by atoms with Gasteiger partial charge >= 0.3 is 5.97 Å². The second kappa shape index (κ2) is 3.45. The van der Waals surface area contributed by atoms with E-state index in [2.05, 4.69) is 0 Å². The lowest BCUT2D eigenvalue weighted by atomic mass is 10.1. The molecule has 5 nitrogen and oxygen atoms in total. The number of aromatic carboxylic acids is 1. The second-order valence-corrected chi connectivity index (χ2v) is 3.02. The summed E-state index contributed by atoms with van der Waals surface area (Å²) >= 11 is 0. The summed E-state index contributed by atoms with van der Waals surface area (Å²) < 4.78 is 0. The molecule has 0 bridgehead atoms. The zero-order chi connectivity index (χ0) is 10.9. The second-order valence-electron chi connectivity index (χ2n) is 3.02. The maximum absolute atomic E-state index is 10.7. The lowest BCUT2D eigenvalue weighted by Crippen LogP contribution is -2.04. The Bertz CT molecular complexity index is 373. The first-order chi connectivity index (χ1) is 6.43. The van der Waals surface area contributed by atoms with Gasteiger partial charge in [0.25, 0.3) is 5.69 Å². The molecule has 1 aromatic carbocycles. The molecule has 0 amide bonds. The highest BCUT2D eigenvalue weighted by molar-refractivity contribution is 5.92. The van der Waals surface area contributed by atoms with Crippen LogP contribution in [0.5, 0.6) is 0 Å². The van der Waals surface area contributed by atoms with E-state index in [1.165, 1.54) is 12.1 Å². The molecule has 0 saturated carbocycles. The van der Waals surface area contributed by atoms with Crippen LogP contribution >= 0.6 is 0 Å². The van der Waals surface area contributed by atoms with E-state index in [9.17, 15) is 14.9 Å². The maximum atomic E-state index is 10.7. The highest BCUT2D eigenvalue weighted by Crippen LogP contribution is 2.22. The van der Waals surface area contributed by atoms with Crippen LogP contribution in [0.15, 0.2) is 12.1 Å². The zero-order valence-electron chi connectivity index (χ0n) is 7.77. The number of hydrogen-bond donors (Lipinski definition) is 1. The van der Waals surface area contributed by atoms with Crippen LogP contribution in [0.1, 0.15) is 21.5 Å². The first-order valence-corrected chi connectivity index (χ1v) is 3.92. The molecule has 0 aliphatic rings. The number of nitrogens with zero attached hydrogens (tertiary/aromatic N) is 1. The monoisotopic (exact) mass is 196 g/mol. The number of hydrogen-bond acceptors (Lipinski definition) is 3. The molecule has 1 N–H and O–H groups in total. The predicted molar refractivity (Wildman–Crippen MR) is 49.5 cm³/mol. The average Bonchev–Trinajstić information content (AvgIpc) is 2.08. The first-order valence-electron chi connectivity index (χ1n) is 3.92. The first kappa shape index (κ1) is 10.2. The van der Waals surface area contributed by atoms with Crippen molar-refractivity contribution in [2.45, 2.75) is 13.8 Å². The number of carboxylic acid groups (broad SMARTS) is 1. The van der Waals surface area contributed by atoms with Crippen LogP contribution in [0.4, 0.5) is 5.69 Å². The van der Waals surface area contributed by atoms with E-state index in [0.717, 1.165) is 5.56 Å². The Labute approximate surface area is 80.1 Å². The molecule has 0 atom stereocenters. The highest BCUT2D eigenvalue weighted by Gasteiger charge is 2.20. The molecule has 1 rings (SSSR count). The van der Waals surface area contributed by atoms with Crippen molar-refractivity contribution in [1.82, 2.24) is 0 Å². The van der Waals surface area contributed by atoms with E-state index < -0.39 is 10.9 Å². The van der Waals surface area contributed by atoms with Crippen molar-refractivity contribution < 1.29 is 14.8 Å². The lowest BCUT2D eigenvalue weighted by molar-refractivity contribution is -0.385. The van der Waals surface area contributed by atoms with Crippen molar-refractivity contribution in [2.75, 3.05) is 0 Å². The molecule has 74 valence electrons. The van der Waals surface area contributed by atoms with Gasteiger partial charge in [0.15, 0.2) is 0 Å². The number of carboxylic acids is 1. The Hall–Kier alpha value is -1.91. The summed E-state index contributed by atoms with van der Waals surface area (Å²) in [5, 5.41) is 19.3. The average molecular weight is 196 g/mol. The summed E-state index contributed by atoms with van der Waals surface area (Å²) in [5.41, 5.74) is 0.813. The molecule has 0 radical (unpaired) electrons. The fourth-order valence-corrected chi connectivity index (χ4v) is 1.12. The third-order valence-corrected chi connectivity index (χ3v) is 2.04. The van der Waals surface area contributed by atoms with Crippen LogP contribution in [0.2, 0.25) is 0 Å². The molecule has 0 spiro atoms. The van der Waals surface area contributed by atoms with Crippen LogP contribution < -0.4 is 0 Å². The third-order valence-electron chi connectivity index (χ3n) is 2.04. The van der Waals surface area contributed by atoms with Crippen molar-refractivity contribution in [3.63, 3.8) is 0 Å². The van der Waals surface area contributed by atoms with Crippen molar-refractivity contribution in [1.29, 1.82) is 0 Å². The molecule has 0 aliphatic heterocycles. The largest absolute Gasteiger partial charge is 0.477 e. The van der Waals surface area contributed by atoms with Crippen LogP contribution in [-0.2, 0) is 0 Å². The van der Waals surface area contributed by atoms with E-state index in [1.54, 1.807) is 13.8 Å². The highest BCUT2D eigenvalue weighted by atomic mass is 16.6. The van der Waals surface area contributed by atoms with Crippen LogP contribution in [0.3, 0.4) is 0 Å². The molecular weight excluding hydrogens is 187 g/mol. The topological polar surface area (TPSA) is 80.4 Å². The molecular formula is C9H9NO4. The predicted octanol–water partition coefficient (Wildman–Crippen LogP) is 1.91. The van der Waals surface area contributed by atoms with Gasteiger partial charge in [-0.3, -0.25) is 10.1 Å². The van der Waals surface area contributed by atoms with Gasteiger partial charge in [0.05, 0.1) is 4.92 Å². The standard InChI is InChI=1S/C9H9NO4/c1-5-3-7(9(11)12)8(10(13)14)4-6(5)2/h3-4H,1-2H3,(H,11,12)/i9+1. The molecule has 0 fully saturated rings. The Morgan fingerprint density at radius 2 is 1.86 bits per heavy atom. The normalized spacial score (nSPS) is 9.86. The number of nitro benzene ring substituents is 1. The number of nitro groups is 1. The van der Waals surface area contributed by atoms with Crippen molar-refractivity contribution >= 4 is 11.7 Å². The quantitative estimate of drug-likeness (QED) is 0.445. The number of aryl methyl sites for hydroxylation is 2. The van der Waals surface area contributed by atoms with Gasteiger partial charge in [-0.05, 0) is 31.0 Å².